The van der Waals surface area contributed by atoms with Gasteiger partial charge < -0.3 is 18.8 Å². The van der Waals surface area contributed by atoms with E-state index in [-0.39, 0.29) is 0 Å². The predicted octanol–water partition coefficient (Wildman–Crippen LogP) is 5.79. The number of fused-ring (bicyclic) bond motifs is 3. The first kappa shape index (κ1) is 19.5. The number of benzene rings is 3. The zero-order valence-corrected chi connectivity index (χ0v) is 17.9. The van der Waals surface area contributed by atoms with Crippen molar-refractivity contribution in [2.75, 3.05) is 18.7 Å². The normalized spacial score (nSPS) is 13.1. The average Bonchev–Trinajstić information content (AvgIpc) is 2.80. The topological polar surface area (TPSA) is 51.9 Å². The molecule has 4 aromatic rings. The largest absolute Gasteiger partial charge is 0.497 e. The van der Waals surface area contributed by atoms with Crippen LogP contribution in [0.25, 0.3) is 22.1 Å². The fourth-order valence-corrected chi connectivity index (χ4v) is 4.19. The number of rotatable bonds is 3. The summed E-state index contributed by atoms with van der Waals surface area (Å²) in [7, 11) is 1.63. The molecule has 0 bridgehead atoms. The van der Waals surface area contributed by atoms with E-state index >= 15 is 0 Å². The van der Waals surface area contributed by atoms with E-state index in [0.29, 0.717) is 23.9 Å². The summed E-state index contributed by atoms with van der Waals surface area (Å²) in [5, 5.41) is 1.52. The van der Waals surface area contributed by atoms with Crippen LogP contribution in [0.1, 0.15) is 11.1 Å². The summed E-state index contributed by atoms with van der Waals surface area (Å²) < 4.78 is 17.0. The first-order valence-corrected chi connectivity index (χ1v) is 10.3. The van der Waals surface area contributed by atoms with Crippen LogP contribution in [-0.4, -0.2) is 13.8 Å². The summed E-state index contributed by atoms with van der Waals surface area (Å²) in [5.41, 5.74) is 4.80. The second kappa shape index (κ2) is 7.67. The van der Waals surface area contributed by atoms with Crippen LogP contribution < -0.4 is 20.0 Å². The molecule has 0 spiro atoms. The number of aryl methyl sites for hydroxylation is 1. The van der Waals surface area contributed by atoms with Gasteiger partial charge in [-0.2, -0.15) is 0 Å². The monoisotopic (exact) mass is 433 g/mol. The van der Waals surface area contributed by atoms with E-state index in [4.69, 9.17) is 25.5 Å². The number of methoxy groups -OCH3 is 1. The van der Waals surface area contributed by atoms with E-state index in [1.165, 1.54) is 6.07 Å². The summed E-state index contributed by atoms with van der Waals surface area (Å²) in [6, 6.07) is 18.8. The lowest BCUT2D eigenvalue weighted by Crippen LogP contribution is -2.32. The summed E-state index contributed by atoms with van der Waals surface area (Å²) in [6.45, 7) is 2.97. The molecule has 2 heterocycles. The molecule has 0 saturated heterocycles. The van der Waals surface area contributed by atoms with Crippen LogP contribution in [0.3, 0.4) is 0 Å². The van der Waals surface area contributed by atoms with Gasteiger partial charge in [-0.3, -0.25) is 0 Å². The van der Waals surface area contributed by atoms with Crippen LogP contribution in [0, 0.1) is 6.92 Å². The molecular weight excluding hydrogens is 414 g/mol. The molecule has 0 fully saturated rings. The van der Waals surface area contributed by atoms with E-state index in [0.717, 1.165) is 44.8 Å². The minimum absolute atomic E-state index is 0.391. The first-order valence-electron chi connectivity index (χ1n) is 9.91. The van der Waals surface area contributed by atoms with Crippen molar-refractivity contribution < 1.29 is 13.9 Å². The highest BCUT2D eigenvalue weighted by atomic mass is 35.5. The van der Waals surface area contributed by atoms with Crippen molar-refractivity contribution in [1.29, 1.82) is 0 Å². The molecule has 0 aliphatic carbocycles. The van der Waals surface area contributed by atoms with Crippen molar-refractivity contribution in [3.05, 3.63) is 87.2 Å². The minimum atomic E-state index is -0.400. The molecule has 5 rings (SSSR count). The zero-order chi connectivity index (χ0) is 21.5. The molecule has 6 heteroatoms. The Morgan fingerprint density at radius 2 is 1.84 bits per heavy atom. The van der Waals surface area contributed by atoms with Crippen LogP contribution in [0.2, 0.25) is 5.02 Å². The molecule has 5 nitrogen and oxygen atoms in total. The lowest BCUT2D eigenvalue weighted by atomic mass is 9.99. The molecule has 156 valence electrons. The molecule has 3 aromatic carbocycles. The molecule has 0 atom stereocenters. The predicted molar refractivity (Wildman–Crippen MR) is 122 cm³/mol. The highest BCUT2D eigenvalue weighted by Gasteiger charge is 2.24. The minimum Gasteiger partial charge on any atom is -0.497 e. The maximum atomic E-state index is 12.5. The second-order valence-corrected chi connectivity index (χ2v) is 7.97. The molecule has 0 N–H and O–H groups in total. The van der Waals surface area contributed by atoms with Gasteiger partial charge in [0.15, 0.2) is 6.73 Å². The smallest absolute Gasteiger partial charge is 0.336 e. The fraction of sp³-hybridized carbons (Fsp3) is 0.160. The van der Waals surface area contributed by atoms with Gasteiger partial charge in [0.25, 0.3) is 0 Å². The van der Waals surface area contributed by atoms with Gasteiger partial charge in [-0.15, -0.1) is 0 Å². The molecule has 0 radical (unpaired) electrons. The number of nitrogens with zero attached hydrogens (tertiary/aromatic N) is 1. The van der Waals surface area contributed by atoms with Crippen molar-refractivity contribution in [3.63, 3.8) is 0 Å². The van der Waals surface area contributed by atoms with Crippen LogP contribution in [0.15, 0.2) is 69.9 Å². The van der Waals surface area contributed by atoms with E-state index in [2.05, 4.69) is 4.90 Å². The maximum Gasteiger partial charge on any atom is 0.336 e. The van der Waals surface area contributed by atoms with Crippen molar-refractivity contribution in [1.82, 2.24) is 0 Å². The number of hydrogen-bond acceptors (Lipinski definition) is 5. The number of anilines is 1. The SMILES string of the molecule is COc1ccc(-c2cc(=O)oc3c4c(ccc23)OCN(c2cc(Cl)ccc2C)C4)cc1. The van der Waals surface area contributed by atoms with Crippen molar-refractivity contribution in [2.24, 2.45) is 0 Å². The van der Waals surface area contributed by atoms with Gasteiger partial charge in [0, 0.05) is 22.2 Å². The van der Waals surface area contributed by atoms with Crippen molar-refractivity contribution >= 4 is 28.3 Å². The van der Waals surface area contributed by atoms with Crippen LogP contribution in [0.5, 0.6) is 11.5 Å². The summed E-state index contributed by atoms with van der Waals surface area (Å²) in [4.78, 5) is 14.6. The Morgan fingerprint density at radius 3 is 2.61 bits per heavy atom. The second-order valence-electron chi connectivity index (χ2n) is 7.53. The Morgan fingerprint density at radius 1 is 1.03 bits per heavy atom. The van der Waals surface area contributed by atoms with E-state index < -0.39 is 5.63 Å². The number of halogens is 1. The maximum absolute atomic E-state index is 12.5. The van der Waals surface area contributed by atoms with E-state index in [9.17, 15) is 4.79 Å². The Hall–Kier alpha value is -3.44. The summed E-state index contributed by atoms with van der Waals surface area (Å²) in [5.74, 6) is 1.48. The lowest BCUT2D eigenvalue weighted by Gasteiger charge is -2.32. The van der Waals surface area contributed by atoms with Crippen molar-refractivity contribution in [2.45, 2.75) is 13.5 Å². The molecule has 1 aliphatic heterocycles. The van der Waals surface area contributed by atoms with Gasteiger partial charge in [0.05, 0.1) is 19.2 Å². The van der Waals surface area contributed by atoms with Gasteiger partial charge in [-0.25, -0.2) is 4.79 Å². The molecule has 1 aromatic heterocycles. The van der Waals surface area contributed by atoms with Crippen LogP contribution in [-0.2, 0) is 6.54 Å². The zero-order valence-electron chi connectivity index (χ0n) is 17.1. The van der Waals surface area contributed by atoms with Gasteiger partial charge in [-0.05, 0) is 60.0 Å². The Kier molecular flexibility index (Phi) is 4.83. The Bertz CT molecular complexity index is 1340. The third kappa shape index (κ3) is 3.51. The molecule has 31 heavy (non-hydrogen) atoms. The van der Waals surface area contributed by atoms with Gasteiger partial charge in [0.2, 0.25) is 0 Å². The quantitative estimate of drug-likeness (QED) is 0.383. The standard InChI is InChI=1S/C25H20ClNO4/c1-15-3-6-17(26)11-22(15)27-13-21-23(30-14-27)10-9-19-20(12-24(28)31-25(19)21)16-4-7-18(29-2)8-5-16/h3-12H,13-14H2,1-2H3. The summed E-state index contributed by atoms with van der Waals surface area (Å²) >= 11 is 6.23. The summed E-state index contributed by atoms with van der Waals surface area (Å²) in [6.07, 6.45) is 0. The molecular formula is C25H20ClNO4. The highest BCUT2D eigenvalue weighted by Crippen LogP contribution is 2.38. The van der Waals surface area contributed by atoms with Crippen LogP contribution in [0.4, 0.5) is 5.69 Å². The molecule has 1 aliphatic rings. The number of ether oxygens (including phenoxy) is 2. The van der Waals surface area contributed by atoms with Gasteiger partial charge in [-0.1, -0.05) is 29.8 Å². The van der Waals surface area contributed by atoms with E-state index in [1.54, 1.807) is 7.11 Å². The van der Waals surface area contributed by atoms with E-state index in [1.807, 2.05) is 61.5 Å². The fourth-order valence-electron chi connectivity index (χ4n) is 4.02. The molecule has 0 saturated carbocycles. The third-order valence-corrected chi connectivity index (χ3v) is 5.85. The Balaban J connectivity index is 1.64. The lowest BCUT2D eigenvalue weighted by molar-refractivity contribution is 0.289. The third-order valence-electron chi connectivity index (χ3n) is 5.61. The first-order chi connectivity index (χ1) is 15.0. The molecule has 0 amide bonds. The number of hydrogen-bond donors (Lipinski definition) is 0. The van der Waals surface area contributed by atoms with Gasteiger partial charge in [0.1, 0.15) is 17.1 Å². The van der Waals surface area contributed by atoms with Crippen LogP contribution >= 0.6 is 11.6 Å². The van der Waals surface area contributed by atoms with Gasteiger partial charge >= 0.3 is 5.63 Å². The highest BCUT2D eigenvalue weighted by molar-refractivity contribution is 6.30. The Labute approximate surface area is 184 Å². The van der Waals surface area contributed by atoms with Crippen molar-refractivity contribution in [3.8, 4) is 22.6 Å². The molecule has 0 unspecified atom stereocenters. The average molecular weight is 434 g/mol.